The van der Waals surface area contributed by atoms with Crippen LogP contribution in [-0.4, -0.2) is 23.2 Å². The number of hydrogen-bond donors (Lipinski definition) is 1. The number of aryl methyl sites for hydroxylation is 2. The van der Waals surface area contributed by atoms with Crippen LogP contribution in [0.1, 0.15) is 30.0 Å². The number of benzene rings is 1. The topological polar surface area (TPSA) is 90.9 Å². The van der Waals surface area contributed by atoms with Crippen LogP contribution in [0.4, 0.5) is 0 Å². The van der Waals surface area contributed by atoms with E-state index in [1.807, 2.05) is 26.0 Å². The van der Waals surface area contributed by atoms with Crippen LogP contribution in [0.2, 0.25) is 0 Å². The zero-order chi connectivity index (χ0) is 14.5. The van der Waals surface area contributed by atoms with E-state index in [2.05, 4.69) is 16.3 Å². The van der Waals surface area contributed by atoms with Gasteiger partial charge in [-0.25, -0.2) is 13.6 Å². The van der Waals surface area contributed by atoms with Gasteiger partial charge in [-0.2, -0.15) is 0 Å². The van der Waals surface area contributed by atoms with E-state index >= 15 is 0 Å². The summed E-state index contributed by atoms with van der Waals surface area (Å²) in [6, 6.07) is 6.14. The second-order valence-electron chi connectivity index (χ2n) is 5.33. The summed E-state index contributed by atoms with van der Waals surface area (Å²) in [6.07, 6.45) is 1.86. The van der Waals surface area contributed by atoms with Gasteiger partial charge in [-0.3, -0.25) is 4.57 Å². The van der Waals surface area contributed by atoms with Crippen LogP contribution < -0.4 is 5.14 Å². The highest BCUT2D eigenvalue weighted by atomic mass is 32.2. The first-order valence-electron chi connectivity index (χ1n) is 6.42. The van der Waals surface area contributed by atoms with E-state index in [0.717, 1.165) is 29.5 Å². The Bertz CT molecular complexity index is 755. The molecule has 0 spiro atoms. The van der Waals surface area contributed by atoms with Crippen molar-refractivity contribution in [1.29, 1.82) is 0 Å². The third-order valence-corrected chi connectivity index (χ3v) is 4.10. The molecule has 2 aromatic rings. The summed E-state index contributed by atoms with van der Waals surface area (Å²) >= 11 is 0. The molecule has 1 saturated carbocycles. The van der Waals surface area contributed by atoms with Crippen LogP contribution >= 0.6 is 0 Å². The Kier molecular flexibility index (Phi) is 2.91. The minimum absolute atomic E-state index is 0.133. The fourth-order valence-corrected chi connectivity index (χ4v) is 3.10. The average molecular weight is 292 g/mol. The maximum atomic E-state index is 11.6. The zero-order valence-electron chi connectivity index (χ0n) is 11.4. The van der Waals surface area contributed by atoms with E-state index in [0.29, 0.717) is 5.82 Å². The highest BCUT2D eigenvalue weighted by molar-refractivity contribution is 7.89. The monoisotopic (exact) mass is 292 g/mol. The molecule has 1 fully saturated rings. The van der Waals surface area contributed by atoms with Gasteiger partial charge in [0.1, 0.15) is 0 Å². The highest BCUT2D eigenvalue weighted by Gasteiger charge is 2.33. The van der Waals surface area contributed by atoms with Gasteiger partial charge < -0.3 is 0 Å². The lowest BCUT2D eigenvalue weighted by Gasteiger charge is -2.09. The molecule has 1 heterocycles. The molecule has 0 unspecified atom stereocenters. The molecule has 2 N–H and O–H groups in total. The number of rotatable bonds is 3. The maximum Gasteiger partial charge on any atom is 0.273 e. The standard InChI is InChI=1S/C13H16N4O2S/c1-8-5-9(2)7-10(6-8)12-15-16-13(20(14,18)19)17(12)11-3-4-11/h5-7,11H,3-4H2,1-2H3,(H2,14,18,19). The Morgan fingerprint density at radius 1 is 1.15 bits per heavy atom. The average Bonchev–Trinajstić information content (AvgIpc) is 3.04. The fourth-order valence-electron chi connectivity index (χ4n) is 2.43. The Morgan fingerprint density at radius 3 is 2.25 bits per heavy atom. The van der Waals surface area contributed by atoms with Crippen LogP contribution in [0, 0.1) is 13.8 Å². The van der Waals surface area contributed by atoms with Crippen molar-refractivity contribution in [3.63, 3.8) is 0 Å². The molecule has 0 atom stereocenters. The Balaban J connectivity index is 2.22. The molecule has 0 saturated heterocycles. The predicted molar refractivity (Wildman–Crippen MR) is 74.6 cm³/mol. The van der Waals surface area contributed by atoms with Gasteiger partial charge in [0.2, 0.25) is 0 Å². The largest absolute Gasteiger partial charge is 0.294 e. The molecular formula is C13H16N4O2S. The molecule has 1 aromatic heterocycles. The van der Waals surface area contributed by atoms with Gasteiger partial charge >= 0.3 is 0 Å². The lowest BCUT2D eigenvalue weighted by Crippen LogP contribution is -2.18. The maximum absolute atomic E-state index is 11.6. The molecule has 7 heteroatoms. The number of aromatic nitrogens is 3. The minimum atomic E-state index is -3.86. The molecule has 20 heavy (non-hydrogen) atoms. The SMILES string of the molecule is Cc1cc(C)cc(-c2nnc(S(N)(=O)=O)n2C2CC2)c1. The molecule has 1 aromatic carbocycles. The summed E-state index contributed by atoms with van der Waals surface area (Å²) in [5.74, 6) is 0.573. The van der Waals surface area contributed by atoms with E-state index in [1.165, 1.54) is 0 Å². The molecule has 3 rings (SSSR count). The van der Waals surface area contributed by atoms with Gasteiger partial charge in [-0.1, -0.05) is 17.2 Å². The van der Waals surface area contributed by atoms with Crippen LogP contribution in [0.5, 0.6) is 0 Å². The summed E-state index contributed by atoms with van der Waals surface area (Å²) in [7, 11) is -3.86. The van der Waals surface area contributed by atoms with Crippen LogP contribution in [-0.2, 0) is 10.0 Å². The van der Waals surface area contributed by atoms with Crippen molar-refractivity contribution in [2.24, 2.45) is 5.14 Å². The molecule has 6 nitrogen and oxygen atoms in total. The fraction of sp³-hybridized carbons (Fsp3) is 0.385. The van der Waals surface area contributed by atoms with Crippen LogP contribution in [0.3, 0.4) is 0 Å². The Labute approximate surface area is 117 Å². The van der Waals surface area contributed by atoms with Crippen molar-refractivity contribution in [3.8, 4) is 11.4 Å². The molecule has 0 aliphatic heterocycles. The summed E-state index contributed by atoms with van der Waals surface area (Å²) in [4.78, 5) is 0. The van der Waals surface area contributed by atoms with E-state index in [9.17, 15) is 8.42 Å². The Morgan fingerprint density at radius 2 is 1.75 bits per heavy atom. The lowest BCUT2D eigenvalue weighted by atomic mass is 10.1. The van der Waals surface area contributed by atoms with Gasteiger partial charge in [-0.15, -0.1) is 10.2 Å². The summed E-state index contributed by atoms with van der Waals surface area (Å²) in [5, 5.41) is 12.9. The third-order valence-electron chi connectivity index (χ3n) is 3.31. The van der Waals surface area contributed by atoms with Crippen LogP contribution in [0.25, 0.3) is 11.4 Å². The zero-order valence-corrected chi connectivity index (χ0v) is 12.2. The molecule has 1 aliphatic rings. The van der Waals surface area contributed by atoms with Crippen molar-refractivity contribution >= 4 is 10.0 Å². The third kappa shape index (κ3) is 2.34. The first-order chi connectivity index (χ1) is 9.36. The number of nitrogens with zero attached hydrogens (tertiary/aromatic N) is 3. The van der Waals surface area contributed by atoms with Crippen molar-refractivity contribution in [1.82, 2.24) is 14.8 Å². The van der Waals surface area contributed by atoms with Crippen molar-refractivity contribution < 1.29 is 8.42 Å². The minimum Gasteiger partial charge on any atom is -0.294 e. The normalized spacial score (nSPS) is 15.6. The highest BCUT2D eigenvalue weighted by Crippen LogP contribution is 2.39. The molecule has 0 amide bonds. The van der Waals surface area contributed by atoms with Gasteiger partial charge in [0.15, 0.2) is 5.82 Å². The number of nitrogens with two attached hydrogens (primary N) is 1. The smallest absolute Gasteiger partial charge is 0.273 e. The second kappa shape index (κ2) is 4.39. The second-order valence-corrected chi connectivity index (χ2v) is 6.78. The van der Waals surface area contributed by atoms with E-state index in [1.54, 1.807) is 4.57 Å². The lowest BCUT2D eigenvalue weighted by molar-refractivity contribution is 0.567. The van der Waals surface area contributed by atoms with Crippen molar-refractivity contribution in [3.05, 3.63) is 29.3 Å². The van der Waals surface area contributed by atoms with E-state index < -0.39 is 10.0 Å². The molecule has 1 aliphatic carbocycles. The van der Waals surface area contributed by atoms with Crippen LogP contribution in [0.15, 0.2) is 23.4 Å². The quantitative estimate of drug-likeness (QED) is 0.929. The predicted octanol–water partition coefficient (Wildman–Crippen LogP) is 1.54. The van der Waals surface area contributed by atoms with E-state index in [-0.39, 0.29) is 11.2 Å². The van der Waals surface area contributed by atoms with Gasteiger partial charge in [-0.05, 0) is 38.8 Å². The summed E-state index contributed by atoms with van der Waals surface area (Å²) in [5.41, 5.74) is 3.07. The first kappa shape index (κ1) is 13.3. The van der Waals surface area contributed by atoms with Gasteiger partial charge in [0.25, 0.3) is 15.2 Å². The van der Waals surface area contributed by atoms with E-state index in [4.69, 9.17) is 5.14 Å². The molecule has 106 valence electrons. The number of sulfonamides is 1. The van der Waals surface area contributed by atoms with Crippen molar-refractivity contribution in [2.45, 2.75) is 37.9 Å². The molecular weight excluding hydrogens is 276 g/mol. The number of primary sulfonamides is 1. The number of hydrogen-bond acceptors (Lipinski definition) is 4. The first-order valence-corrected chi connectivity index (χ1v) is 7.97. The summed E-state index contributed by atoms with van der Waals surface area (Å²) < 4.78 is 24.9. The summed E-state index contributed by atoms with van der Waals surface area (Å²) in [6.45, 7) is 3.99. The van der Waals surface area contributed by atoms with Gasteiger partial charge in [0, 0.05) is 11.6 Å². The van der Waals surface area contributed by atoms with Gasteiger partial charge in [0.05, 0.1) is 0 Å². The van der Waals surface area contributed by atoms with Crippen molar-refractivity contribution in [2.75, 3.05) is 0 Å². The Hall–Kier alpha value is -1.73. The molecule has 0 radical (unpaired) electrons. The molecule has 0 bridgehead atoms.